The summed E-state index contributed by atoms with van der Waals surface area (Å²) in [6, 6.07) is 0. The van der Waals surface area contributed by atoms with Crippen LogP contribution in [0.15, 0.2) is 23.8 Å². The maximum atomic E-state index is 12.4. The van der Waals surface area contributed by atoms with Crippen LogP contribution in [-0.2, 0) is 23.9 Å². The average molecular weight is 525 g/mol. The van der Waals surface area contributed by atoms with E-state index in [4.69, 9.17) is 14.6 Å². The first-order valence-corrected chi connectivity index (χ1v) is 13.0. The van der Waals surface area contributed by atoms with Gasteiger partial charge in [-0.25, -0.2) is 0 Å². The SMILES string of the molecule is C=C1CCC2C(C(C)(C)O)CCC2(C)C(OC(C)=O)C=C(COC(=O)CC(C)(O)CC(=O)O)CCC1O. The predicted octanol–water partition coefficient (Wildman–Crippen LogP) is 3.30. The molecule has 0 aromatic heterocycles. The summed E-state index contributed by atoms with van der Waals surface area (Å²) >= 11 is 0. The number of carbonyl (C=O) groups excluding carboxylic acids is 2. The van der Waals surface area contributed by atoms with E-state index in [1.54, 1.807) is 19.9 Å². The van der Waals surface area contributed by atoms with Gasteiger partial charge in [0.05, 0.1) is 30.1 Å². The van der Waals surface area contributed by atoms with Crippen LogP contribution in [0.2, 0.25) is 0 Å². The van der Waals surface area contributed by atoms with Crippen LogP contribution in [0.1, 0.15) is 86.0 Å². The number of hydrogen-bond acceptors (Lipinski definition) is 8. The highest BCUT2D eigenvalue weighted by molar-refractivity contribution is 5.74. The van der Waals surface area contributed by atoms with Crippen LogP contribution >= 0.6 is 0 Å². The minimum Gasteiger partial charge on any atom is -0.481 e. The van der Waals surface area contributed by atoms with Crippen molar-refractivity contribution >= 4 is 17.9 Å². The molecule has 0 aromatic carbocycles. The molecule has 1 fully saturated rings. The summed E-state index contributed by atoms with van der Waals surface area (Å²) in [6.07, 6.45) is 2.68. The number of aliphatic carboxylic acids is 1. The van der Waals surface area contributed by atoms with Gasteiger partial charge in [-0.1, -0.05) is 13.5 Å². The van der Waals surface area contributed by atoms with Crippen LogP contribution in [-0.4, -0.2) is 68.4 Å². The molecule has 6 atom stereocenters. The number of rotatable bonds is 8. The molecule has 0 aliphatic heterocycles. The molecule has 0 radical (unpaired) electrons. The monoisotopic (exact) mass is 524 g/mol. The highest BCUT2D eigenvalue weighted by atomic mass is 16.5. The molecule has 0 spiro atoms. The van der Waals surface area contributed by atoms with Crippen molar-refractivity contribution < 1.29 is 44.3 Å². The second kappa shape index (κ2) is 12.1. The van der Waals surface area contributed by atoms with Crippen molar-refractivity contribution in [1.29, 1.82) is 0 Å². The van der Waals surface area contributed by atoms with Crippen molar-refractivity contribution in [2.45, 2.75) is 109 Å². The number of fused-ring (bicyclic) bond motifs is 1. The van der Waals surface area contributed by atoms with Gasteiger partial charge in [0.2, 0.25) is 0 Å². The molecule has 2 rings (SSSR count). The lowest BCUT2D eigenvalue weighted by Crippen LogP contribution is -2.43. The Labute approximate surface area is 219 Å². The lowest BCUT2D eigenvalue weighted by molar-refractivity contribution is -0.153. The first-order valence-electron chi connectivity index (χ1n) is 13.0. The van der Waals surface area contributed by atoms with Gasteiger partial charge in [0.25, 0.3) is 0 Å². The molecule has 0 saturated heterocycles. The molecule has 2 aliphatic carbocycles. The fraction of sp³-hybridized carbons (Fsp3) is 0.750. The van der Waals surface area contributed by atoms with Crippen LogP contribution in [0.5, 0.6) is 0 Å². The van der Waals surface area contributed by atoms with Crippen molar-refractivity contribution in [3.63, 3.8) is 0 Å². The molecule has 210 valence electrons. The summed E-state index contributed by atoms with van der Waals surface area (Å²) in [5, 5.41) is 40.8. The largest absolute Gasteiger partial charge is 0.481 e. The zero-order valence-electron chi connectivity index (χ0n) is 22.8. The number of ether oxygens (including phenoxy) is 2. The average Bonchev–Trinajstić information content (AvgIpc) is 3.08. The van der Waals surface area contributed by atoms with Crippen LogP contribution in [0, 0.1) is 17.3 Å². The Bertz CT molecular complexity index is 898. The number of aliphatic hydroxyl groups is 3. The van der Waals surface area contributed by atoms with Crippen LogP contribution in [0.3, 0.4) is 0 Å². The van der Waals surface area contributed by atoms with E-state index in [2.05, 4.69) is 13.5 Å². The van der Waals surface area contributed by atoms with Crippen molar-refractivity contribution in [2.75, 3.05) is 6.61 Å². The van der Waals surface area contributed by atoms with E-state index in [9.17, 15) is 29.7 Å². The molecule has 1 saturated carbocycles. The number of carbonyl (C=O) groups is 3. The molecular weight excluding hydrogens is 480 g/mol. The third-order valence-corrected chi connectivity index (χ3v) is 8.03. The van der Waals surface area contributed by atoms with Gasteiger partial charge in [-0.05, 0) is 88.4 Å². The van der Waals surface area contributed by atoms with E-state index < -0.39 is 59.6 Å². The summed E-state index contributed by atoms with van der Waals surface area (Å²) in [7, 11) is 0. The fourth-order valence-corrected chi connectivity index (χ4v) is 5.96. The summed E-state index contributed by atoms with van der Waals surface area (Å²) in [5.74, 6) is -2.51. The lowest BCUT2D eigenvalue weighted by Gasteiger charge is -2.42. The summed E-state index contributed by atoms with van der Waals surface area (Å²) in [5.41, 5.74) is -1.88. The Morgan fingerprint density at radius 3 is 2.32 bits per heavy atom. The Balaban J connectivity index is 2.39. The number of esters is 2. The van der Waals surface area contributed by atoms with Crippen molar-refractivity contribution in [3.8, 4) is 0 Å². The third kappa shape index (κ3) is 8.65. The fourth-order valence-electron chi connectivity index (χ4n) is 5.96. The Morgan fingerprint density at radius 1 is 1.11 bits per heavy atom. The van der Waals surface area contributed by atoms with Crippen molar-refractivity contribution in [1.82, 2.24) is 0 Å². The van der Waals surface area contributed by atoms with E-state index >= 15 is 0 Å². The Morgan fingerprint density at radius 2 is 1.76 bits per heavy atom. The van der Waals surface area contributed by atoms with Gasteiger partial charge in [-0.3, -0.25) is 14.4 Å². The molecule has 0 bridgehead atoms. The maximum Gasteiger partial charge on any atom is 0.309 e. The summed E-state index contributed by atoms with van der Waals surface area (Å²) in [6.45, 7) is 12.2. The van der Waals surface area contributed by atoms with Gasteiger partial charge in [0, 0.05) is 12.3 Å². The molecule has 0 aromatic rings. The quantitative estimate of drug-likeness (QED) is 0.277. The van der Waals surface area contributed by atoms with E-state index in [1.807, 2.05) is 0 Å². The molecule has 0 amide bonds. The van der Waals surface area contributed by atoms with Crippen molar-refractivity contribution in [2.24, 2.45) is 17.3 Å². The standard InChI is InChI=1S/C28H44O9/c1-17-7-9-21-20(26(3,4)34)11-12-28(21,6)23(37-18(2)29)13-19(8-10-22(17)30)16-36-25(33)15-27(5,35)14-24(31)32/h13,20-23,30,34-35H,1,7-12,14-16H2,2-6H3,(H,31,32). The molecule has 37 heavy (non-hydrogen) atoms. The highest BCUT2D eigenvalue weighted by Crippen LogP contribution is 2.56. The molecule has 6 unspecified atom stereocenters. The molecule has 4 N–H and O–H groups in total. The number of hydrogen-bond donors (Lipinski definition) is 4. The molecule has 9 heteroatoms. The van der Waals surface area contributed by atoms with Crippen LogP contribution in [0.25, 0.3) is 0 Å². The first kappa shape index (κ1) is 31.0. The molecular formula is C28H44O9. The third-order valence-electron chi connectivity index (χ3n) is 8.03. The van der Waals surface area contributed by atoms with Gasteiger partial charge < -0.3 is 29.9 Å². The maximum absolute atomic E-state index is 12.4. The topological polar surface area (TPSA) is 151 Å². The Kier molecular flexibility index (Phi) is 10.1. The van der Waals surface area contributed by atoms with Gasteiger partial charge >= 0.3 is 17.9 Å². The molecule has 9 nitrogen and oxygen atoms in total. The smallest absolute Gasteiger partial charge is 0.309 e. The second-order valence-corrected chi connectivity index (χ2v) is 11.9. The zero-order chi connectivity index (χ0) is 28.2. The zero-order valence-corrected chi connectivity index (χ0v) is 22.8. The van der Waals surface area contributed by atoms with E-state index in [-0.39, 0.29) is 18.4 Å². The summed E-state index contributed by atoms with van der Waals surface area (Å²) < 4.78 is 11.2. The predicted molar refractivity (Wildman–Crippen MR) is 136 cm³/mol. The van der Waals surface area contributed by atoms with Gasteiger partial charge in [0.15, 0.2) is 0 Å². The van der Waals surface area contributed by atoms with Crippen LogP contribution in [0.4, 0.5) is 0 Å². The van der Waals surface area contributed by atoms with E-state index in [0.717, 1.165) is 6.42 Å². The summed E-state index contributed by atoms with van der Waals surface area (Å²) in [4.78, 5) is 35.5. The number of carboxylic acids is 1. The van der Waals surface area contributed by atoms with Gasteiger partial charge in [-0.2, -0.15) is 0 Å². The molecule has 2 aliphatic rings. The normalized spacial score (nSPS) is 30.8. The second-order valence-electron chi connectivity index (χ2n) is 11.9. The van der Waals surface area contributed by atoms with E-state index in [1.165, 1.54) is 13.8 Å². The first-order chi connectivity index (χ1) is 16.9. The molecule has 0 heterocycles. The Hall–Kier alpha value is -2.23. The van der Waals surface area contributed by atoms with Crippen LogP contribution < -0.4 is 0 Å². The number of carboxylic acid groups (broad SMARTS) is 1. The highest BCUT2D eigenvalue weighted by Gasteiger charge is 2.54. The van der Waals surface area contributed by atoms with Gasteiger partial charge in [-0.15, -0.1) is 0 Å². The van der Waals surface area contributed by atoms with Gasteiger partial charge in [0.1, 0.15) is 12.7 Å². The lowest BCUT2D eigenvalue weighted by atomic mass is 9.67. The minimum absolute atomic E-state index is 0.0231. The number of aliphatic hydroxyl groups excluding tert-OH is 1. The van der Waals surface area contributed by atoms with E-state index in [0.29, 0.717) is 43.3 Å². The van der Waals surface area contributed by atoms with Crippen molar-refractivity contribution in [3.05, 3.63) is 23.8 Å². The minimum atomic E-state index is -1.75.